The van der Waals surface area contributed by atoms with Gasteiger partial charge in [0.1, 0.15) is 0 Å². The molecule has 0 aliphatic rings. The Kier molecular flexibility index (Phi) is 7.35. The van der Waals surface area contributed by atoms with E-state index in [0.29, 0.717) is 18.4 Å². The van der Waals surface area contributed by atoms with Crippen LogP contribution < -0.4 is 0 Å². The Hall–Kier alpha value is -2.42. The van der Waals surface area contributed by atoms with Crippen LogP contribution in [0.1, 0.15) is 56.6 Å². The SMILES string of the molecule is CCCCCC(C)(C(C(=O)O)c1ccccc1)P(=O)(O)Cc1cccc2ccccc12. The zero-order valence-electron chi connectivity index (χ0n) is 18.2. The summed E-state index contributed by atoms with van der Waals surface area (Å²) in [5.41, 5.74) is 1.35. The van der Waals surface area contributed by atoms with Crippen molar-refractivity contribution < 1.29 is 19.4 Å². The van der Waals surface area contributed by atoms with Gasteiger partial charge in [-0.05, 0) is 35.2 Å². The molecule has 4 nitrogen and oxygen atoms in total. The molecule has 0 heterocycles. The fraction of sp³-hybridized carbons (Fsp3) is 0.346. The maximum Gasteiger partial charge on any atom is 0.312 e. The molecule has 0 saturated heterocycles. The first-order valence-electron chi connectivity index (χ1n) is 10.9. The molecule has 0 aromatic heterocycles. The number of carboxylic acids is 1. The van der Waals surface area contributed by atoms with Crippen LogP contribution in [-0.2, 0) is 15.5 Å². The zero-order valence-corrected chi connectivity index (χ0v) is 19.1. The molecule has 0 spiro atoms. The highest BCUT2D eigenvalue weighted by molar-refractivity contribution is 7.59. The minimum absolute atomic E-state index is 0.0480. The van der Waals surface area contributed by atoms with Crippen molar-refractivity contribution in [1.29, 1.82) is 0 Å². The summed E-state index contributed by atoms with van der Waals surface area (Å²) in [6.07, 6.45) is 2.89. The number of carboxylic acid groups (broad SMARTS) is 1. The summed E-state index contributed by atoms with van der Waals surface area (Å²) in [5, 5.41) is 10.8. The molecule has 31 heavy (non-hydrogen) atoms. The number of benzene rings is 3. The molecule has 2 N–H and O–H groups in total. The van der Waals surface area contributed by atoms with Gasteiger partial charge in [-0.2, -0.15) is 0 Å². The highest BCUT2D eigenvalue weighted by Crippen LogP contribution is 2.64. The second kappa shape index (κ2) is 9.80. The van der Waals surface area contributed by atoms with Crippen LogP contribution >= 0.6 is 7.37 Å². The quantitative estimate of drug-likeness (QED) is 0.269. The highest BCUT2D eigenvalue weighted by Gasteiger charge is 2.52. The molecular weight excluding hydrogens is 407 g/mol. The Morgan fingerprint density at radius 1 is 0.968 bits per heavy atom. The van der Waals surface area contributed by atoms with Crippen molar-refractivity contribution in [1.82, 2.24) is 0 Å². The van der Waals surface area contributed by atoms with E-state index in [1.165, 1.54) is 0 Å². The van der Waals surface area contributed by atoms with Crippen molar-refractivity contribution in [3.05, 3.63) is 83.9 Å². The number of hydrogen-bond acceptors (Lipinski definition) is 2. The predicted octanol–water partition coefficient (Wildman–Crippen LogP) is 6.82. The third kappa shape index (κ3) is 4.92. The topological polar surface area (TPSA) is 74.6 Å². The van der Waals surface area contributed by atoms with Crippen molar-refractivity contribution in [2.24, 2.45) is 0 Å². The molecule has 164 valence electrons. The molecule has 0 bridgehead atoms. The van der Waals surface area contributed by atoms with Gasteiger partial charge in [0.2, 0.25) is 7.37 Å². The number of fused-ring (bicyclic) bond motifs is 1. The molecule has 3 atom stereocenters. The molecule has 3 aromatic rings. The number of rotatable bonds is 10. The van der Waals surface area contributed by atoms with E-state index in [1.54, 1.807) is 31.2 Å². The van der Waals surface area contributed by atoms with E-state index in [2.05, 4.69) is 6.92 Å². The molecular formula is C26H31O4P. The molecule has 0 aliphatic carbocycles. The van der Waals surface area contributed by atoms with Crippen molar-refractivity contribution in [3.63, 3.8) is 0 Å². The van der Waals surface area contributed by atoms with Crippen LogP contribution in [0.4, 0.5) is 0 Å². The first-order chi connectivity index (χ1) is 14.8. The Bertz CT molecular complexity index is 1070. The fourth-order valence-corrected chi connectivity index (χ4v) is 6.78. The Morgan fingerprint density at radius 2 is 1.61 bits per heavy atom. The lowest BCUT2D eigenvalue weighted by Crippen LogP contribution is -2.38. The normalized spacial score (nSPS) is 16.4. The van der Waals surface area contributed by atoms with Gasteiger partial charge in [0.15, 0.2) is 0 Å². The van der Waals surface area contributed by atoms with Gasteiger partial charge < -0.3 is 10.00 Å². The van der Waals surface area contributed by atoms with Gasteiger partial charge >= 0.3 is 5.97 Å². The summed E-state index contributed by atoms with van der Waals surface area (Å²) >= 11 is 0. The standard InChI is InChI=1S/C26H31O4P/c1-3-4-10-18-26(2,24(25(27)28)21-13-6-5-7-14-21)31(29,30)19-22-16-11-15-20-12-8-9-17-23(20)22/h5-9,11-17,24H,3-4,10,18-19H2,1-2H3,(H,27,28)(H,29,30). The number of carbonyl (C=O) groups is 1. The van der Waals surface area contributed by atoms with E-state index in [4.69, 9.17) is 0 Å². The molecule has 0 aliphatic heterocycles. The molecule has 3 aromatic carbocycles. The molecule has 3 unspecified atom stereocenters. The Labute approximate surface area is 184 Å². The molecule has 0 fully saturated rings. The van der Waals surface area contributed by atoms with Crippen LogP contribution in [0.3, 0.4) is 0 Å². The van der Waals surface area contributed by atoms with Crippen LogP contribution in [-0.4, -0.2) is 21.1 Å². The summed E-state index contributed by atoms with van der Waals surface area (Å²) in [7, 11) is -3.94. The van der Waals surface area contributed by atoms with Gasteiger partial charge in [0, 0.05) is 0 Å². The van der Waals surface area contributed by atoms with E-state index >= 15 is 0 Å². The maximum absolute atomic E-state index is 14.1. The lowest BCUT2D eigenvalue weighted by Gasteiger charge is -2.39. The molecule has 5 heteroatoms. The lowest BCUT2D eigenvalue weighted by atomic mass is 9.83. The minimum Gasteiger partial charge on any atom is -0.481 e. The third-order valence-corrected chi connectivity index (χ3v) is 9.20. The largest absolute Gasteiger partial charge is 0.481 e. The predicted molar refractivity (Wildman–Crippen MR) is 127 cm³/mol. The van der Waals surface area contributed by atoms with E-state index in [-0.39, 0.29) is 6.16 Å². The van der Waals surface area contributed by atoms with Crippen molar-refractivity contribution in [3.8, 4) is 0 Å². The van der Waals surface area contributed by atoms with Gasteiger partial charge in [-0.25, -0.2) is 0 Å². The minimum atomic E-state index is -3.94. The molecule has 0 radical (unpaired) electrons. The van der Waals surface area contributed by atoms with E-state index in [1.807, 2.05) is 48.5 Å². The van der Waals surface area contributed by atoms with Crippen molar-refractivity contribution >= 4 is 24.1 Å². The van der Waals surface area contributed by atoms with E-state index in [9.17, 15) is 19.4 Å². The number of hydrogen-bond donors (Lipinski definition) is 2. The van der Waals surface area contributed by atoms with Crippen LogP contribution in [0.5, 0.6) is 0 Å². The lowest BCUT2D eigenvalue weighted by molar-refractivity contribution is -0.139. The summed E-state index contributed by atoms with van der Waals surface area (Å²) in [5.74, 6) is -2.12. The van der Waals surface area contributed by atoms with Gasteiger partial charge in [-0.15, -0.1) is 0 Å². The first-order valence-corrected chi connectivity index (χ1v) is 12.7. The molecule has 0 amide bonds. The van der Waals surface area contributed by atoms with Crippen LogP contribution in [0.2, 0.25) is 0 Å². The van der Waals surface area contributed by atoms with Crippen LogP contribution in [0.15, 0.2) is 72.8 Å². The van der Waals surface area contributed by atoms with Gasteiger partial charge in [0.05, 0.1) is 17.2 Å². The summed E-state index contributed by atoms with van der Waals surface area (Å²) in [6.45, 7) is 3.76. The third-order valence-electron chi connectivity index (χ3n) is 6.35. The Morgan fingerprint density at radius 3 is 2.29 bits per heavy atom. The van der Waals surface area contributed by atoms with Crippen molar-refractivity contribution in [2.75, 3.05) is 0 Å². The summed E-state index contributed by atoms with van der Waals surface area (Å²) in [4.78, 5) is 24.0. The van der Waals surface area contributed by atoms with Gasteiger partial charge in [0.25, 0.3) is 0 Å². The fourth-order valence-electron chi connectivity index (χ4n) is 4.51. The second-order valence-electron chi connectivity index (χ2n) is 8.49. The average Bonchev–Trinajstić information content (AvgIpc) is 2.74. The van der Waals surface area contributed by atoms with E-state index in [0.717, 1.165) is 29.2 Å². The first kappa shape index (κ1) is 23.2. The maximum atomic E-state index is 14.1. The second-order valence-corrected chi connectivity index (χ2v) is 11.2. The van der Waals surface area contributed by atoms with Crippen molar-refractivity contribution in [2.45, 2.75) is 56.8 Å². The zero-order chi connectivity index (χ0) is 22.5. The summed E-state index contributed by atoms with van der Waals surface area (Å²) < 4.78 is 14.1. The Balaban J connectivity index is 2.08. The average molecular weight is 439 g/mol. The van der Waals surface area contributed by atoms with Gasteiger partial charge in [-0.1, -0.05) is 99.0 Å². The van der Waals surface area contributed by atoms with Gasteiger partial charge in [-0.3, -0.25) is 9.36 Å². The molecule has 0 saturated carbocycles. The van der Waals surface area contributed by atoms with Crippen LogP contribution in [0, 0.1) is 0 Å². The smallest absolute Gasteiger partial charge is 0.312 e. The van der Waals surface area contributed by atoms with E-state index < -0.39 is 24.4 Å². The van der Waals surface area contributed by atoms with Crippen LogP contribution in [0.25, 0.3) is 10.8 Å². The summed E-state index contributed by atoms with van der Waals surface area (Å²) in [6, 6.07) is 22.4. The molecule has 3 rings (SSSR count). The number of aliphatic carboxylic acids is 1. The highest BCUT2D eigenvalue weighted by atomic mass is 31.2. The monoisotopic (exact) mass is 438 g/mol. The number of unbranched alkanes of at least 4 members (excludes halogenated alkanes) is 2.